The van der Waals surface area contributed by atoms with Crippen molar-refractivity contribution in [3.05, 3.63) is 41.5 Å². The number of carboxylic acid groups (broad SMARTS) is 1. The fraction of sp³-hybridized carbons (Fsp3) is 0.412. The predicted octanol–water partition coefficient (Wildman–Crippen LogP) is 2.04. The Morgan fingerprint density at radius 3 is 2.64 bits per heavy atom. The Kier molecular flexibility index (Phi) is 3.98. The number of benzene rings is 1. The predicted molar refractivity (Wildman–Crippen MR) is 81.5 cm³/mol. The van der Waals surface area contributed by atoms with Crippen LogP contribution in [-0.4, -0.2) is 48.2 Å². The zero-order chi connectivity index (χ0) is 15.6. The molecule has 5 heteroatoms. The van der Waals surface area contributed by atoms with Crippen molar-refractivity contribution in [2.75, 3.05) is 26.3 Å². The van der Waals surface area contributed by atoms with Gasteiger partial charge in [-0.3, -0.25) is 4.79 Å². The average Bonchev–Trinajstić information content (AvgIpc) is 3.16. The van der Waals surface area contributed by atoms with Gasteiger partial charge in [-0.15, -0.1) is 0 Å². The zero-order valence-corrected chi connectivity index (χ0v) is 12.3. The van der Waals surface area contributed by atoms with Gasteiger partial charge in [-0.2, -0.15) is 0 Å². The second-order valence-corrected chi connectivity index (χ2v) is 6.07. The van der Waals surface area contributed by atoms with Crippen LogP contribution in [0.2, 0.25) is 0 Å². The topological polar surface area (TPSA) is 66.8 Å². The molecule has 2 saturated heterocycles. The maximum absolute atomic E-state index is 12.2. The minimum atomic E-state index is -0.951. The van der Waals surface area contributed by atoms with Crippen molar-refractivity contribution in [3.63, 3.8) is 0 Å². The molecule has 2 aliphatic heterocycles. The molecule has 22 heavy (non-hydrogen) atoms. The molecule has 0 bridgehead atoms. The van der Waals surface area contributed by atoms with E-state index in [1.807, 2.05) is 4.90 Å². The summed E-state index contributed by atoms with van der Waals surface area (Å²) in [7, 11) is 0. The Labute approximate surface area is 129 Å². The first-order chi connectivity index (χ1) is 10.6. The maximum atomic E-state index is 12.2. The van der Waals surface area contributed by atoms with Crippen LogP contribution in [0.25, 0.3) is 6.08 Å². The Balaban J connectivity index is 1.60. The van der Waals surface area contributed by atoms with Crippen molar-refractivity contribution < 1.29 is 19.4 Å². The molecule has 1 amide bonds. The molecule has 2 aliphatic rings. The van der Waals surface area contributed by atoms with Crippen molar-refractivity contribution in [3.8, 4) is 0 Å². The third-order valence-electron chi connectivity index (χ3n) is 4.51. The molecule has 2 heterocycles. The van der Waals surface area contributed by atoms with E-state index in [9.17, 15) is 9.59 Å². The van der Waals surface area contributed by atoms with E-state index >= 15 is 0 Å². The van der Waals surface area contributed by atoms with Crippen LogP contribution in [0, 0.1) is 5.41 Å². The fourth-order valence-corrected chi connectivity index (χ4v) is 3.10. The van der Waals surface area contributed by atoms with Crippen molar-refractivity contribution in [2.24, 2.45) is 5.41 Å². The van der Waals surface area contributed by atoms with E-state index in [0.29, 0.717) is 0 Å². The number of hydrogen-bond donors (Lipinski definition) is 1. The maximum Gasteiger partial charge on any atom is 0.335 e. The molecule has 5 nitrogen and oxygen atoms in total. The lowest BCUT2D eigenvalue weighted by Gasteiger charge is -2.21. The Hall–Kier alpha value is -2.14. The second kappa shape index (κ2) is 5.93. The van der Waals surface area contributed by atoms with E-state index in [0.717, 1.165) is 44.7 Å². The van der Waals surface area contributed by atoms with Gasteiger partial charge in [0.05, 0.1) is 12.2 Å². The number of hydrogen-bond acceptors (Lipinski definition) is 3. The SMILES string of the molecule is O=C(O)c1ccc(C=CC(=O)N2CCC3(CCOC3)C2)cc1. The molecule has 3 rings (SSSR count). The van der Waals surface area contributed by atoms with Crippen molar-refractivity contribution in [2.45, 2.75) is 12.8 Å². The van der Waals surface area contributed by atoms with Gasteiger partial charge in [0.2, 0.25) is 5.91 Å². The van der Waals surface area contributed by atoms with Crippen LogP contribution < -0.4 is 0 Å². The van der Waals surface area contributed by atoms with Crippen molar-refractivity contribution in [1.29, 1.82) is 0 Å². The summed E-state index contributed by atoms with van der Waals surface area (Å²) in [5.74, 6) is -0.946. The highest BCUT2D eigenvalue weighted by atomic mass is 16.5. The molecule has 0 radical (unpaired) electrons. The molecule has 116 valence electrons. The third kappa shape index (κ3) is 3.04. The number of likely N-dealkylation sites (tertiary alicyclic amines) is 1. The number of ether oxygens (including phenoxy) is 1. The number of amides is 1. The first-order valence-corrected chi connectivity index (χ1v) is 7.46. The van der Waals surface area contributed by atoms with Crippen LogP contribution in [-0.2, 0) is 9.53 Å². The van der Waals surface area contributed by atoms with Gasteiger partial charge in [0.25, 0.3) is 0 Å². The fourth-order valence-electron chi connectivity index (χ4n) is 3.10. The molecule has 0 aromatic heterocycles. The van der Waals surface area contributed by atoms with Crippen LogP contribution in [0.5, 0.6) is 0 Å². The number of carbonyl (C=O) groups is 2. The molecular weight excluding hydrogens is 282 g/mol. The number of aromatic carboxylic acids is 1. The molecule has 0 aliphatic carbocycles. The van der Waals surface area contributed by atoms with E-state index in [4.69, 9.17) is 9.84 Å². The first kappa shape index (κ1) is 14.8. The van der Waals surface area contributed by atoms with Crippen molar-refractivity contribution in [1.82, 2.24) is 4.90 Å². The molecule has 1 atom stereocenters. The largest absolute Gasteiger partial charge is 0.478 e. The van der Waals surface area contributed by atoms with Gasteiger partial charge in [0.1, 0.15) is 0 Å². The molecule has 1 spiro atoms. The summed E-state index contributed by atoms with van der Waals surface area (Å²) in [6, 6.07) is 6.47. The Morgan fingerprint density at radius 2 is 2.00 bits per heavy atom. The van der Waals surface area contributed by atoms with Crippen molar-refractivity contribution >= 4 is 18.0 Å². The van der Waals surface area contributed by atoms with E-state index in [-0.39, 0.29) is 16.9 Å². The first-order valence-electron chi connectivity index (χ1n) is 7.46. The van der Waals surface area contributed by atoms with E-state index < -0.39 is 5.97 Å². The Bertz CT molecular complexity index is 600. The van der Waals surface area contributed by atoms with E-state index in [2.05, 4.69) is 0 Å². The monoisotopic (exact) mass is 301 g/mol. The minimum absolute atomic E-state index is 0.00564. The molecule has 1 aromatic rings. The summed E-state index contributed by atoms with van der Waals surface area (Å²) in [6.07, 6.45) is 5.34. The number of carboxylic acids is 1. The van der Waals surface area contributed by atoms with Crippen LogP contribution in [0.4, 0.5) is 0 Å². The molecular formula is C17H19NO4. The van der Waals surface area contributed by atoms with Gasteiger partial charge >= 0.3 is 5.97 Å². The lowest BCUT2D eigenvalue weighted by Crippen LogP contribution is -2.31. The Morgan fingerprint density at radius 1 is 1.23 bits per heavy atom. The molecule has 1 aromatic carbocycles. The zero-order valence-electron chi connectivity index (χ0n) is 12.3. The van der Waals surface area contributed by atoms with Crippen LogP contribution in [0.15, 0.2) is 30.3 Å². The average molecular weight is 301 g/mol. The van der Waals surface area contributed by atoms with Gasteiger partial charge in [0.15, 0.2) is 0 Å². The quantitative estimate of drug-likeness (QED) is 0.868. The van der Waals surface area contributed by atoms with E-state index in [1.165, 1.54) is 12.1 Å². The molecule has 1 N–H and O–H groups in total. The summed E-state index contributed by atoms with van der Waals surface area (Å²) in [4.78, 5) is 24.9. The number of nitrogens with zero attached hydrogens (tertiary/aromatic N) is 1. The highest BCUT2D eigenvalue weighted by Crippen LogP contribution is 2.38. The summed E-state index contributed by atoms with van der Waals surface area (Å²) < 4.78 is 5.47. The summed E-state index contributed by atoms with van der Waals surface area (Å²) in [5, 5.41) is 8.85. The minimum Gasteiger partial charge on any atom is -0.478 e. The highest BCUT2D eigenvalue weighted by molar-refractivity contribution is 5.92. The van der Waals surface area contributed by atoms with Crippen LogP contribution in [0.3, 0.4) is 0 Å². The molecule has 0 saturated carbocycles. The van der Waals surface area contributed by atoms with Gasteiger partial charge in [-0.1, -0.05) is 12.1 Å². The van der Waals surface area contributed by atoms with Gasteiger partial charge in [0, 0.05) is 31.2 Å². The second-order valence-electron chi connectivity index (χ2n) is 6.07. The van der Waals surface area contributed by atoms with E-state index in [1.54, 1.807) is 24.3 Å². The summed E-state index contributed by atoms with van der Waals surface area (Å²) in [6.45, 7) is 3.11. The third-order valence-corrected chi connectivity index (χ3v) is 4.51. The lowest BCUT2D eigenvalue weighted by atomic mass is 9.87. The molecule has 2 fully saturated rings. The number of carbonyl (C=O) groups excluding carboxylic acids is 1. The standard InChI is InChI=1S/C17H19NO4/c19-15(18-9-7-17(11-18)8-10-22-12-17)6-3-13-1-4-14(5-2-13)16(20)21/h1-6H,7-12H2,(H,20,21). The van der Waals surface area contributed by atoms with Gasteiger partial charge in [-0.25, -0.2) is 4.79 Å². The summed E-state index contributed by atoms with van der Waals surface area (Å²) >= 11 is 0. The van der Waals surface area contributed by atoms with Crippen LogP contribution >= 0.6 is 0 Å². The normalized spacial score (nSPS) is 24.5. The number of rotatable bonds is 3. The van der Waals surface area contributed by atoms with Gasteiger partial charge < -0.3 is 14.7 Å². The summed E-state index contributed by atoms with van der Waals surface area (Å²) in [5.41, 5.74) is 1.23. The van der Waals surface area contributed by atoms with Crippen LogP contribution in [0.1, 0.15) is 28.8 Å². The molecule has 1 unspecified atom stereocenters. The smallest absolute Gasteiger partial charge is 0.335 e. The highest BCUT2D eigenvalue weighted by Gasteiger charge is 2.42. The lowest BCUT2D eigenvalue weighted by molar-refractivity contribution is -0.125. The van der Waals surface area contributed by atoms with Gasteiger partial charge in [-0.05, 0) is 36.6 Å².